The Morgan fingerprint density at radius 3 is 2.61 bits per heavy atom. The van der Waals surface area contributed by atoms with Crippen molar-refractivity contribution in [3.63, 3.8) is 0 Å². The Labute approximate surface area is 135 Å². The van der Waals surface area contributed by atoms with E-state index in [1.807, 2.05) is 6.07 Å². The van der Waals surface area contributed by atoms with Gasteiger partial charge in [-0.1, -0.05) is 12.1 Å². The smallest absolute Gasteiger partial charge is 0.410 e. The fourth-order valence-electron chi connectivity index (χ4n) is 2.71. The van der Waals surface area contributed by atoms with E-state index in [4.69, 9.17) is 10.00 Å². The van der Waals surface area contributed by atoms with E-state index in [1.54, 1.807) is 45.0 Å². The van der Waals surface area contributed by atoms with Gasteiger partial charge < -0.3 is 14.7 Å². The zero-order valence-corrected chi connectivity index (χ0v) is 13.4. The second kappa shape index (κ2) is 6.29. The Morgan fingerprint density at radius 2 is 2.04 bits per heavy atom. The van der Waals surface area contributed by atoms with E-state index in [0.717, 1.165) is 5.56 Å². The average Bonchev–Trinajstić information content (AvgIpc) is 2.91. The minimum atomic E-state index is -0.955. The number of ether oxygens (including phenoxy) is 1. The van der Waals surface area contributed by atoms with Crippen LogP contribution >= 0.6 is 0 Å². The first-order valence-electron chi connectivity index (χ1n) is 7.42. The standard InChI is InChI=1S/C17H20N2O4/c1-17(2,3)23-16(22)19-9-13(14(10-19)15(20)21)12-6-4-5-11(7-12)8-18/h4-7,13-14H,9-10H2,1-3H3,(H,20,21)/t13-,14+/m1/s1. The highest BCUT2D eigenvalue weighted by Crippen LogP contribution is 2.34. The quantitative estimate of drug-likeness (QED) is 0.905. The van der Waals surface area contributed by atoms with E-state index < -0.39 is 23.6 Å². The molecule has 1 aliphatic heterocycles. The van der Waals surface area contributed by atoms with Gasteiger partial charge in [-0.05, 0) is 38.5 Å². The fraction of sp³-hybridized carbons (Fsp3) is 0.471. The van der Waals surface area contributed by atoms with Gasteiger partial charge in [-0.15, -0.1) is 0 Å². The monoisotopic (exact) mass is 316 g/mol. The van der Waals surface area contributed by atoms with Crippen molar-refractivity contribution >= 4 is 12.1 Å². The molecule has 23 heavy (non-hydrogen) atoms. The van der Waals surface area contributed by atoms with Crippen molar-refractivity contribution in [2.75, 3.05) is 13.1 Å². The van der Waals surface area contributed by atoms with E-state index in [0.29, 0.717) is 5.56 Å². The molecule has 122 valence electrons. The number of carbonyl (C=O) groups is 2. The van der Waals surface area contributed by atoms with E-state index in [1.165, 1.54) is 4.90 Å². The number of likely N-dealkylation sites (tertiary alicyclic amines) is 1. The SMILES string of the molecule is CC(C)(C)OC(=O)N1C[C@H](C(=O)O)[C@@H](c2cccc(C#N)c2)C1. The Hall–Kier alpha value is -2.55. The van der Waals surface area contributed by atoms with Crippen LogP contribution in [0.3, 0.4) is 0 Å². The summed E-state index contributed by atoms with van der Waals surface area (Å²) in [4.78, 5) is 25.2. The number of amides is 1. The van der Waals surface area contributed by atoms with Crippen LogP contribution in [-0.4, -0.2) is 40.8 Å². The van der Waals surface area contributed by atoms with Crippen LogP contribution in [0.2, 0.25) is 0 Å². The lowest BCUT2D eigenvalue weighted by molar-refractivity contribution is -0.141. The van der Waals surface area contributed by atoms with Gasteiger partial charge in [-0.2, -0.15) is 5.26 Å². The molecule has 1 aliphatic rings. The number of carboxylic acids is 1. The van der Waals surface area contributed by atoms with Gasteiger partial charge in [-0.25, -0.2) is 4.79 Å². The molecule has 1 saturated heterocycles. The van der Waals surface area contributed by atoms with E-state index >= 15 is 0 Å². The topological polar surface area (TPSA) is 90.6 Å². The second-order valence-corrected chi connectivity index (χ2v) is 6.67. The first-order valence-corrected chi connectivity index (χ1v) is 7.42. The summed E-state index contributed by atoms with van der Waals surface area (Å²) in [6.07, 6.45) is -0.511. The Bertz CT molecular complexity index is 657. The molecule has 1 aromatic rings. The third kappa shape index (κ3) is 4.01. The molecule has 0 aliphatic carbocycles. The number of rotatable bonds is 2. The number of nitrogens with zero attached hydrogens (tertiary/aromatic N) is 2. The third-order valence-electron chi connectivity index (χ3n) is 3.73. The number of nitriles is 1. The summed E-state index contributed by atoms with van der Waals surface area (Å²) >= 11 is 0. The van der Waals surface area contributed by atoms with Gasteiger partial charge >= 0.3 is 12.1 Å². The number of aliphatic carboxylic acids is 1. The Morgan fingerprint density at radius 1 is 1.35 bits per heavy atom. The molecule has 2 rings (SSSR count). The highest BCUT2D eigenvalue weighted by atomic mass is 16.6. The van der Waals surface area contributed by atoms with Crippen molar-refractivity contribution in [3.8, 4) is 6.07 Å². The lowest BCUT2D eigenvalue weighted by Gasteiger charge is -2.24. The van der Waals surface area contributed by atoms with Gasteiger partial charge in [0.2, 0.25) is 0 Å². The fourth-order valence-corrected chi connectivity index (χ4v) is 2.71. The molecule has 0 unspecified atom stereocenters. The lowest BCUT2D eigenvalue weighted by Crippen LogP contribution is -2.35. The number of benzene rings is 1. The van der Waals surface area contributed by atoms with Crippen LogP contribution in [0.25, 0.3) is 0 Å². The van der Waals surface area contributed by atoms with Crippen molar-refractivity contribution < 1.29 is 19.4 Å². The minimum Gasteiger partial charge on any atom is -0.481 e. The largest absolute Gasteiger partial charge is 0.481 e. The van der Waals surface area contributed by atoms with Crippen molar-refractivity contribution in [1.82, 2.24) is 4.90 Å². The van der Waals surface area contributed by atoms with Gasteiger partial charge in [0, 0.05) is 19.0 Å². The zero-order valence-electron chi connectivity index (χ0n) is 13.4. The average molecular weight is 316 g/mol. The molecule has 6 nitrogen and oxygen atoms in total. The van der Waals surface area contributed by atoms with Crippen LogP contribution in [0.4, 0.5) is 4.79 Å². The van der Waals surface area contributed by atoms with Gasteiger partial charge in [0.25, 0.3) is 0 Å². The van der Waals surface area contributed by atoms with Gasteiger partial charge in [0.1, 0.15) is 5.60 Å². The predicted octanol–water partition coefficient (Wildman–Crippen LogP) is 2.59. The maximum Gasteiger partial charge on any atom is 0.410 e. The lowest BCUT2D eigenvalue weighted by atomic mass is 9.88. The molecule has 1 N–H and O–H groups in total. The van der Waals surface area contributed by atoms with Gasteiger partial charge in [0.05, 0.1) is 17.6 Å². The number of carbonyl (C=O) groups excluding carboxylic acids is 1. The van der Waals surface area contributed by atoms with E-state index in [2.05, 4.69) is 0 Å². The van der Waals surface area contributed by atoms with E-state index in [9.17, 15) is 14.7 Å². The van der Waals surface area contributed by atoms with Crippen molar-refractivity contribution in [1.29, 1.82) is 5.26 Å². The molecule has 6 heteroatoms. The molecule has 0 saturated carbocycles. The number of hydrogen-bond donors (Lipinski definition) is 1. The summed E-state index contributed by atoms with van der Waals surface area (Å²) in [6, 6.07) is 8.91. The molecule has 0 aromatic heterocycles. The van der Waals surface area contributed by atoms with Crippen LogP contribution in [0.1, 0.15) is 37.8 Å². The Kier molecular flexibility index (Phi) is 4.60. The predicted molar refractivity (Wildman–Crippen MR) is 82.8 cm³/mol. The second-order valence-electron chi connectivity index (χ2n) is 6.67. The molecule has 0 bridgehead atoms. The summed E-state index contributed by atoms with van der Waals surface area (Å²) in [5, 5.41) is 18.5. The normalized spacial score (nSPS) is 20.9. The van der Waals surface area contributed by atoms with Crippen LogP contribution in [0.15, 0.2) is 24.3 Å². The summed E-state index contributed by atoms with van der Waals surface area (Å²) in [5.74, 6) is -2.02. The van der Waals surface area contributed by atoms with Crippen molar-refractivity contribution in [2.45, 2.75) is 32.3 Å². The molecule has 2 atom stereocenters. The van der Waals surface area contributed by atoms with Crippen LogP contribution < -0.4 is 0 Å². The third-order valence-corrected chi connectivity index (χ3v) is 3.73. The maximum absolute atomic E-state index is 12.2. The molecule has 1 amide bonds. The molecule has 1 heterocycles. The van der Waals surface area contributed by atoms with Crippen LogP contribution in [0, 0.1) is 17.2 Å². The van der Waals surface area contributed by atoms with Crippen molar-refractivity contribution in [2.24, 2.45) is 5.92 Å². The van der Waals surface area contributed by atoms with Gasteiger partial charge in [-0.3, -0.25) is 4.79 Å². The van der Waals surface area contributed by atoms with Crippen molar-refractivity contribution in [3.05, 3.63) is 35.4 Å². The molecule has 1 aromatic carbocycles. The maximum atomic E-state index is 12.2. The summed E-state index contributed by atoms with van der Waals surface area (Å²) in [6.45, 7) is 5.67. The summed E-state index contributed by atoms with van der Waals surface area (Å²) in [7, 11) is 0. The first kappa shape index (κ1) is 16.8. The van der Waals surface area contributed by atoms with Gasteiger partial charge in [0.15, 0.2) is 0 Å². The molecule has 0 radical (unpaired) electrons. The summed E-state index contributed by atoms with van der Waals surface area (Å²) in [5.41, 5.74) is 0.596. The molecule has 1 fully saturated rings. The van der Waals surface area contributed by atoms with E-state index in [-0.39, 0.29) is 19.0 Å². The Balaban J connectivity index is 2.23. The van der Waals surface area contributed by atoms with Crippen LogP contribution in [-0.2, 0) is 9.53 Å². The van der Waals surface area contributed by atoms with Crippen LogP contribution in [0.5, 0.6) is 0 Å². The molecule has 0 spiro atoms. The zero-order chi connectivity index (χ0) is 17.2. The molecular formula is C17H20N2O4. The number of hydrogen-bond acceptors (Lipinski definition) is 4. The highest BCUT2D eigenvalue weighted by Gasteiger charge is 2.41. The number of carboxylic acid groups (broad SMARTS) is 1. The first-order chi connectivity index (χ1) is 10.7. The minimum absolute atomic E-state index is 0.103. The molecular weight excluding hydrogens is 296 g/mol. The summed E-state index contributed by atoms with van der Waals surface area (Å²) < 4.78 is 5.32. The highest BCUT2D eigenvalue weighted by molar-refractivity contribution is 5.76.